The minimum Gasteiger partial charge on any atom is -0.466 e. The molecule has 0 aromatic heterocycles. The number of aliphatic imine (C=N–C) groups is 2. The van der Waals surface area contributed by atoms with Crippen molar-refractivity contribution >= 4 is 30.2 Å². The van der Waals surface area contributed by atoms with Gasteiger partial charge in [-0.25, -0.2) is 0 Å². The standard InChI is InChI=1S/C11H19N3OS/c1-5-8(3)9(13-4)10(14-6-2)11(16)15-7-12/h6,8H,4-5,7,12H2,1-3H3/b10-9+,14-6-. The molecule has 0 aromatic rings. The van der Waals surface area contributed by atoms with Gasteiger partial charge >= 0.3 is 0 Å². The molecule has 0 radical (unpaired) electrons. The summed E-state index contributed by atoms with van der Waals surface area (Å²) in [6, 6.07) is 0. The molecule has 1 atom stereocenters. The summed E-state index contributed by atoms with van der Waals surface area (Å²) < 4.78 is 5.08. The molecule has 90 valence electrons. The van der Waals surface area contributed by atoms with Gasteiger partial charge in [-0.3, -0.25) is 15.7 Å². The van der Waals surface area contributed by atoms with Crippen LogP contribution in [0, 0.1) is 5.92 Å². The van der Waals surface area contributed by atoms with Gasteiger partial charge in [-0.2, -0.15) is 0 Å². The van der Waals surface area contributed by atoms with E-state index in [2.05, 4.69) is 23.6 Å². The Labute approximate surface area is 102 Å². The summed E-state index contributed by atoms with van der Waals surface area (Å²) in [6.45, 7) is 9.50. The molecular weight excluding hydrogens is 222 g/mol. The van der Waals surface area contributed by atoms with Gasteiger partial charge in [-0.1, -0.05) is 13.8 Å². The Morgan fingerprint density at radius 3 is 2.62 bits per heavy atom. The lowest BCUT2D eigenvalue weighted by atomic mass is 10.0. The van der Waals surface area contributed by atoms with Gasteiger partial charge in [0.05, 0.1) is 5.70 Å². The lowest BCUT2D eigenvalue weighted by Gasteiger charge is -2.13. The molecule has 16 heavy (non-hydrogen) atoms. The van der Waals surface area contributed by atoms with Crippen molar-refractivity contribution in [3.8, 4) is 0 Å². The second kappa shape index (κ2) is 8.13. The van der Waals surface area contributed by atoms with Crippen molar-refractivity contribution in [1.29, 1.82) is 0 Å². The highest BCUT2D eigenvalue weighted by molar-refractivity contribution is 7.80. The van der Waals surface area contributed by atoms with Gasteiger partial charge in [-0.15, -0.1) is 0 Å². The Hall–Kier alpha value is -1.07. The Bertz CT molecular complexity index is 310. The topological polar surface area (TPSA) is 60.0 Å². The van der Waals surface area contributed by atoms with Gasteiger partial charge in [-0.05, 0) is 32.3 Å². The second-order valence-corrected chi connectivity index (χ2v) is 3.56. The van der Waals surface area contributed by atoms with Crippen molar-refractivity contribution in [3.63, 3.8) is 0 Å². The van der Waals surface area contributed by atoms with E-state index in [1.807, 2.05) is 13.8 Å². The molecule has 5 heteroatoms. The van der Waals surface area contributed by atoms with Crippen LogP contribution >= 0.6 is 12.2 Å². The number of hydrogen-bond donors (Lipinski definition) is 1. The minimum atomic E-state index is 0.0342. The van der Waals surface area contributed by atoms with E-state index < -0.39 is 0 Å². The highest BCUT2D eigenvalue weighted by Crippen LogP contribution is 2.21. The zero-order valence-corrected chi connectivity index (χ0v) is 10.9. The molecule has 0 saturated heterocycles. The zero-order valence-electron chi connectivity index (χ0n) is 10.1. The molecule has 0 amide bonds. The minimum absolute atomic E-state index is 0.0342. The number of rotatable bonds is 6. The van der Waals surface area contributed by atoms with Crippen molar-refractivity contribution in [3.05, 3.63) is 11.4 Å². The quantitative estimate of drug-likeness (QED) is 0.336. The Balaban J connectivity index is 5.31. The van der Waals surface area contributed by atoms with Gasteiger partial charge in [0.1, 0.15) is 12.4 Å². The molecule has 0 bridgehead atoms. The van der Waals surface area contributed by atoms with Crippen LogP contribution in [-0.2, 0) is 4.74 Å². The van der Waals surface area contributed by atoms with E-state index in [1.165, 1.54) is 0 Å². The molecule has 0 rings (SSSR count). The predicted molar refractivity (Wildman–Crippen MR) is 72.9 cm³/mol. The molecule has 0 aliphatic carbocycles. The maximum absolute atomic E-state index is 5.28. The zero-order chi connectivity index (χ0) is 12.6. The lowest BCUT2D eigenvalue weighted by molar-refractivity contribution is 0.325. The summed E-state index contributed by atoms with van der Waals surface area (Å²) in [6.07, 6.45) is 2.58. The van der Waals surface area contributed by atoms with Crippen molar-refractivity contribution in [2.45, 2.75) is 27.2 Å². The molecule has 1 unspecified atom stereocenters. The third kappa shape index (κ3) is 4.20. The smallest absolute Gasteiger partial charge is 0.213 e. The van der Waals surface area contributed by atoms with Crippen LogP contribution in [0.25, 0.3) is 0 Å². The molecule has 4 nitrogen and oxygen atoms in total. The summed E-state index contributed by atoms with van der Waals surface area (Å²) in [7, 11) is 0. The van der Waals surface area contributed by atoms with Crippen molar-refractivity contribution < 1.29 is 4.74 Å². The lowest BCUT2D eigenvalue weighted by Crippen LogP contribution is -2.14. The van der Waals surface area contributed by atoms with Crippen LogP contribution in [0.15, 0.2) is 21.4 Å². The average molecular weight is 241 g/mol. The fraction of sp³-hybridized carbons (Fsp3) is 0.545. The summed E-state index contributed by atoms with van der Waals surface area (Å²) >= 11 is 5.09. The van der Waals surface area contributed by atoms with E-state index in [0.29, 0.717) is 5.70 Å². The largest absolute Gasteiger partial charge is 0.466 e. The van der Waals surface area contributed by atoms with Gasteiger partial charge in [0.25, 0.3) is 0 Å². The average Bonchev–Trinajstić information content (AvgIpc) is 2.28. The maximum Gasteiger partial charge on any atom is 0.213 e. The van der Waals surface area contributed by atoms with Crippen LogP contribution in [0.4, 0.5) is 0 Å². The van der Waals surface area contributed by atoms with Gasteiger partial charge in [0.15, 0.2) is 0 Å². The summed E-state index contributed by atoms with van der Waals surface area (Å²) in [4.78, 5) is 8.17. The van der Waals surface area contributed by atoms with Gasteiger partial charge < -0.3 is 4.74 Å². The number of nitrogens with two attached hydrogens (primary N) is 1. The third-order valence-electron chi connectivity index (χ3n) is 2.16. The SMILES string of the molecule is C=N/C(=C(/N=C\C)C(=S)OCN)C(C)CC. The molecule has 0 aromatic carbocycles. The van der Waals surface area contributed by atoms with E-state index in [-0.39, 0.29) is 17.7 Å². The number of ether oxygens (including phenoxy) is 1. The van der Waals surface area contributed by atoms with Crippen LogP contribution in [0.1, 0.15) is 27.2 Å². The number of nitrogens with zero attached hydrogens (tertiary/aromatic N) is 2. The predicted octanol–water partition coefficient (Wildman–Crippen LogP) is 2.30. The van der Waals surface area contributed by atoms with Gasteiger partial charge in [0, 0.05) is 12.1 Å². The highest BCUT2D eigenvalue weighted by atomic mass is 32.1. The fourth-order valence-corrected chi connectivity index (χ4v) is 1.38. The van der Waals surface area contributed by atoms with E-state index in [9.17, 15) is 0 Å². The first-order chi connectivity index (χ1) is 7.62. The number of thiocarbonyl (C=S) groups is 1. The van der Waals surface area contributed by atoms with Crippen LogP contribution in [0.2, 0.25) is 0 Å². The van der Waals surface area contributed by atoms with E-state index in [4.69, 9.17) is 22.7 Å². The first kappa shape index (κ1) is 14.9. The first-order valence-corrected chi connectivity index (χ1v) is 5.59. The van der Waals surface area contributed by atoms with E-state index in [1.54, 1.807) is 6.21 Å². The molecular formula is C11H19N3OS. The van der Waals surface area contributed by atoms with Crippen molar-refractivity contribution in [2.75, 3.05) is 6.73 Å². The van der Waals surface area contributed by atoms with Crippen molar-refractivity contribution in [2.24, 2.45) is 21.6 Å². The van der Waals surface area contributed by atoms with E-state index in [0.717, 1.165) is 12.1 Å². The van der Waals surface area contributed by atoms with Gasteiger partial charge in [0.2, 0.25) is 5.05 Å². The molecule has 0 aliphatic heterocycles. The van der Waals surface area contributed by atoms with Crippen LogP contribution in [0.3, 0.4) is 0 Å². The third-order valence-corrected chi connectivity index (χ3v) is 2.47. The molecule has 2 N–H and O–H groups in total. The van der Waals surface area contributed by atoms with E-state index >= 15 is 0 Å². The molecule has 0 fully saturated rings. The van der Waals surface area contributed by atoms with Crippen LogP contribution < -0.4 is 5.73 Å². The number of hydrogen-bond acceptors (Lipinski definition) is 5. The van der Waals surface area contributed by atoms with Crippen molar-refractivity contribution in [1.82, 2.24) is 0 Å². The second-order valence-electron chi connectivity index (χ2n) is 3.19. The molecule has 0 aliphatic rings. The first-order valence-electron chi connectivity index (χ1n) is 5.19. The normalized spacial score (nSPS) is 14.5. The van der Waals surface area contributed by atoms with Crippen LogP contribution in [0.5, 0.6) is 0 Å². The summed E-state index contributed by atoms with van der Waals surface area (Å²) in [5, 5.41) is 0.267. The number of allylic oxidation sites excluding steroid dienone is 1. The highest BCUT2D eigenvalue weighted by Gasteiger charge is 2.15. The Morgan fingerprint density at radius 1 is 1.62 bits per heavy atom. The summed E-state index contributed by atoms with van der Waals surface area (Å²) in [5.41, 5.74) is 6.58. The molecule has 0 saturated carbocycles. The maximum atomic E-state index is 5.28. The Kier molecular flexibility index (Phi) is 7.58. The molecule has 0 heterocycles. The summed E-state index contributed by atoms with van der Waals surface area (Å²) in [5.74, 6) is 0.232. The molecule has 0 spiro atoms. The monoisotopic (exact) mass is 241 g/mol. The fourth-order valence-electron chi connectivity index (χ4n) is 1.15. The van der Waals surface area contributed by atoms with Crippen LogP contribution in [-0.4, -0.2) is 24.7 Å². The Morgan fingerprint density at radius 2 is 2.25 bits per heavy atom.